The van der Waals surface area contributed by atoms with Crippen LogP contribution >= 0.6 is 0 Å². The van der Waals surface area contributed by atoms with Crippen molar-refractivity contribution in [3.8, 4) is 11.3 Å². The summed E-state index contributed by atoms with van der Waals surface area (Å²) in [4.78, 5) is 9.26. The van der Waals surface area contributed by atoms with Crippen LogP contribution in [0.4, 0.5) is 5.82 Å². The zero-order chi connectivity index (χ0) is 20.1. The Bertz CT molecular complexity index is 1030. The molecule has 0 radical (unpaired) electrons. The lowest BCUT2D eigenvalue weighted by Crippen LogP contribution is -2.13. The van der Waals surface area contributed by atoms with Crippen LogP contribution in [0.15, 0.2) is 65.7 Å². The first-order valence-corrected chi connectivity index (χ1v) is 10.9. The van der Waals surface area contributed by atoms with E-state index in [2.05, 4.69) is 22.1 Å². The second-order valence-electron chi connectivity index (χ2n) is 7.04. The molecular weight excluding hydrogens is 370 g/mol. The number of aryl methyl sites for hydroxylation is 2. The van der Waals surface area contributed by atoms with Crippen LogP contribution in [0.25, 0.3) is 11.3 Å². The maximum Gasteiger partial charge on any atom is 0.180 e. The summed E-state index contributed by atoms with van der Waals surface area (Å²) >= 11 is 0. The lowest BCUT2D eigenvalue weighted by atomic mass is 10.1. The molecule has 0 saturated heterocycles. The van der Waals surface area contributed by atoms with Crippen LogP contribution in [0.5, 0.6) is 0 Å². The van der Waals surface area contributed by atoms with E-state index >= 15 is 0 Å². The Kier molecular flexibility index (Phi) is 6.09. The molecule has 3 rings (SSSR count). The fourth-order valence-corrected chi connectivity index (χ4v) is 4.01. The summed E-state index contributed by atoms with van der Waals surface area (Å²) in [6.07, 6.45) is 4.25. The molecule has 5 nitrogen and oxygen atoms in total. The fraction of sp³-hybridized carbons (Fsp3) is 0.273. The number of benzene rings is 2. The van der Waals surface area contributed by atoms with Gasteiger partial charge in [0, 0.05) is 5.56 Å². The largest absolute Gasteiger partial charge is 0.382 e. The lowest BCUT2D eigenvalue weighted by Gasteiger charge is -2.10. The number of nitrogens with zero attached hydrogens (tertiary/aromatic N) is 2. The predicted octanol–water partition coefficient (Wildman–Crippen LogP) is 4.08. The van der Waals surface area contributed by atoms with Crippen molar-refractivity contribution < 1.29 is 8.42 Å². The van der Waals surface area contributed by atoms with Gasteiger partial charge in [0.2, 0.25) is 0 Å². The first kappa shape index (κ1) is 20.0. The molecule has 1 heterocycles. The summed E-state index contributed by atoms with van der Waals surface area (Å²) in [6, 6.07) is 17.1. The standard InChI is InChI=1S/C22H25N3O2S/c1-16(2)28(26,27)19-13-11-18(12-14-19)21-15-24-22(23)20(25-21)10-6-9-17-7-4-3-5-8-17/h3-5,7-8,11-16H,6,9-10H2,1-2H3,(H2,23,24). The van der Waals surface area contributed by atoms with Gasteiger partial charge in [-0.1, -0.05) is 42.5 Å². The summed E-state index contributed by atoms with van der Waals surface area (Å²) in [5.41, 5.74) is 9.57. The zero-order valence-corrected chi connectivity index (χ0v) is 17.0. The van der Waals surface area contributed by atoms with Gasteiger partial charge in [-0.3, -0.25) is 0 Å². The highest BCUT2D eigenvalue weighted by Crippen LogP contribution is 2.23. The van der Waals surface area contributed by atoms with Crippen molar-refractivity contribution in [3.05, 3.63) is 72.1 Å². The molecule has 0 bridgehead atoms. The molecule has 0 unspecified atom stereocenters. The van der Waals surface area contributed by atoms with Gasteiger partial charge < -0.3 is 5.73 Å². The Morgan fingerprint density at radius 1 is 0.964 bits per heavy atom. The highest BCUT2D eigenvalue weighted by Gasteiger charge is 2.19. The van der Waals surface area contributed by atoms with Crippen LogP contribution in [0.3, 0.4) is 0 Å². The Morgan fingerprint density at radius 3 is 2.29 bits per heavy atom. The molecule has 3 aromatic rings. The van der Waals surface area contributed by atoms with Gasteiger partial charge in [-0.05, 0) is 50.8 Å². The molecular formula is C22H25N3O2S. The number of sulfone groups is 1. The van der Waals surface area contributed by atoms with Gasteiger partial charge in [-0.25, -0.2) is 18.4 Å². The molecule has 2 aromatic carbocycles. The first-order valence-electron chi connectivity index (χ1n) is 9.37. The molecule has 0 spiro atoms. The Hall–Kier alpha value is -2.73. The number of hydrogen-bond acceptors (Lipinski definition) is 5. The van der Waals surface area contributed by atoms with Crippen molar-refractivity contribution in [2.24, 2.45) is 0 Å². The summed E-state index contributed by atoms with van der Waals surface area (Å²) in [7, 11) is -3.29. The van der Waals surface area contributed by atoms with Crippen molar-refractivity contribution >= 4 is 15.7 Å². The number of hydrogen-bond donors (Lipinski definition) is 1. The molecule has 0 aliphatic rings. The molecule has 146 valence electrons. The number of rotatable bonds is 7. The van der Waals surface area contributed by atoms with E-state index in [9.17, 15) is 8.42 Å². The maximum atomic E-state index is 12.3. The van der Waals surface area contributed by atoms with E-state index < -0.39 is 15.1 Å². The minimum Gasteiger partial charge on any atom is -0.382 e. The van der Waals surface area contributed by atoms with E-state index in [0.29, 0.717) is 16.4 Å². The number of nitrogen functional groups attached to an aromatic ring is 1. The van der Waals surface area contributed by atoms with Crippen LogP contribution < -0.4 is 5.73 Å². The quantitative estimate of drug-likeness (QED) is 0.651. The molecule has 1 aromatic heterocycles. The van der Waals surface area contributed by atoms with E-state index in [0.717, 1.165) is 30.5 Å². The van der Waals surface area contributed by atoms with Crippen molar-refractivity contribution in [2.45, 2.75) is 43.3 Å². The topological polar surface area (TPSA) is 85.9 Å². The van der Waals surface area contributed by atoms with Crippen LogP contribution in [0.2, 0.25) is 0 Å². The van der Waals surface area contributed by atoms with Crippen molar-refractivity contribution in [1.29, 1.82) is 0 Å². The predicted molar refractivity (Wildman–Crippen MR) is 113 cm³/mol. The maximum absolute atomic E-state index is 12.3. The van der Waals surface area contributed by atoms with Crippen LogP contribution in [0.1, 0.15) is 31.5 Å². The minimum atomic E-state index is -3.29. The van der Waals surface area contributed by atoms with Gasteiger partial charge in [0.05, 0.1) is 27.7 Å². The van der Waals surface area contributed by atoms with Gasteiger partial charge in [-0.2, -0.15) is 0 Å². The lowest BCUT2D eigenvalue weighted by molar-refractivity contribution is 0.587. The Labute approximate surface area is 166 Å². The Balaban J connectivity index is 1.75. The molecule has 0 aliphatic heterocycles. The third-order valence-electron chi connectivity index (χ3n) is 4.70. The molecule has 0 atom stereocenters. The van der Waals surface area contributed by atoms with Gasteiger partial charge >= 0.3 is 0 Å². The van der Waals surface area contributed by atoms with Crippen molar-refractivity contribution in [2.75, 3.05) is 5.73 Å². The summed E-state index contributed by atoms with van der Waals surface area (Å²) < 4.78 is 24.5. The monoisotopic (exact) mass is 395 g/mol. The van der Waals surface area contributed by atoms with Crippen molar-refractivity contribution in [3.63, 3.8) is 0 Å². The van der Waals surface area contributed by atoms with Gasteiger partial charge in [0.25, 0.3) is 0 Å². The molecule has 0 fully saturated rings. The van der Waals surface area contributed by atoms with Crippen LogP contribution in [-0.2, 0) is 22.7 Å². The van der Waals surface area contributed by atoms with Crippen LogP contribution in [0, 0.1) is 0 Å². The molecule has 0 saturated carbocycles. The van der Waals surface area contributed by atoms with Gasteiger partial charge in [0.1, 0.15) is 5.82 Å². The number of anilines is 1. The highest BCUT2D eigenvalue weighted by molar-refractivity contribution is 7.92. The fourth-order valence-electron chi connectivity index (χ4n) is 2.95. The minimum absolute atomic E-state index is 0.317. The number of aromatic nitrogens is 2. The molecule has 0 aliphatic carbocycles. The van der Waals surface area contributed by atoms with E-state index in [4.69, 9.17) is 5.73 Å². The summed E-state index contributed by atoms with van der Waals surface area (Å²) in [5.74, 6) is 0.441. The SMILES string of the molecule is CC(C)S(=O)(=O)c1ccc(-c2cnc(N)c(CCCc3ccccc3)n2)cc1. The molecule has 6 heteroatoms. The summed E-state index contributed by atoms with van der Waals surface area (Å²) in [5, 5.41) is -0.453. The number of nitrogens with two attached hydrogens (primary N) is 1. The zero-order valence-electron chi connectivity index (χ0n) is 16.2. The molecule has 28 heavy (non-hydrogen) atoms. The smallest absolute Gasteiger partial charge is 0.180 e. The molecule has 0 amide bonds. The normalized spacial score (nSPS) is 11.7. The average molecular weight is 396 g/mol. The molecule has 2 N–H and O–H groups in total. The second-order valence-corrected chi connectivity index (χ2v) is 9.55. The second kappa shape index (κ2) is 8.52. The van der Waals surface area contributed by atoms with Crippen LogP contribution in [-0.4, -0.2) is 23.6 Å². The Morgan fingerprint density at radius 2 is 1.64 bits per heavy atom. The van der Waals surface area contributed by atoms with Gasteiger partial charge in [-0.15, -0.1) is 0 Å². The van der Waals surface area contributed by atoms with E-state index in [1.807, 2.05) is 18.2 Å². The average Bonchev–Trinajstić information content (AvgIpc) is 2.70. The highest BCUT2D eigenvalue weighted by atomic mass is 32.2. The van der Waals surface area contributed by atoms with E-state index in [-0.39, 0.29) is 0 Å². The first-order chi connectivity index (χ1) is 13.4. The third-order valence-corrected chi connectivity index (χ3v) is 6.87. The van der Waals surface area contributed by atoms with E-state index in [1.165, 1.54) is 5.56 Å². The summed E-state index contributed by atoms with van der Waals surface area (Å²) in [6.45, 7) is 3.35. The van der Waals surface area contributed by atoms with Crippen molar-refractivity contribution in [1.82, 2.24) is 9.97 Å². The third kappa shape index (κ3) is 4.57. The van der Waals surface area contributed by atoms with Gasteiger partial charge in [0.15, 0.2) is 9.84 Å². The van der Waals surface area contributed by atoms with E-state index in [1.54, 1.807) is 44.3 Å².